The molecule has 6 nitrogen and oxygen atoms in total. The molecule has 2 fully saturated rings. The average Bonchev–Trinajstić information content (AvgIpc) is 3.02. The molecule has 0 spiro atoms. The SMILES string of the molecule is Fc1ccc(CNC2[C@H]3CN(c4ccc5nnc(C(F)(F)F)n5n4)C[C@@H]23)cc1. The minimum Gasteiger partial charge on any atom is -0.354 e. The van der Waals surface area contributed by atoms with Crippen molar-refractivity contribution in [2.24, 2.45) is 11.8 Å². The normalized spacial score (nSPS) is 24.0. The Labute approximate surface area is 157 Å². The number of piperidine rings is 1. The molecule has 10 heteroatoms. The highest BCUT2D eigenvalue weighted by molar-refractivity contribution is 5.48. The quantitative estimate of drug-likeness (QED) is 0.692. The topological polar surface area (TPSA) is 58.3 Å². The first-order valence-corrected chi connectivity index (χ1v) is 8.92. The van der Waals surface area contributed by atoms with Crippen LogP contribution in [0, 0.1) is 17.7 Å². The van der Waals surface area contributed by atoms with E-state index in [1.807, 2.05) is 4.90 Å². The van der Waals surface area contributed by atoms with Crippen LogP contribution in [0.15, 0.2) is 36.4 Å². The Hall–Kier alpha value is -2.75. The number of anilines is 1. The Morgan fingerprint density at radius 1 is 1.00 bits per heavy atom. The number of hydrogen-bond acceptors (Lipinski definition) is 5. The van der Waals surface area contributed by atoms with Crippen molar-refractivity contribution >= 4 is 11.5 Å². The van der Waals surface area contributed by atoms with Crippen molar-refractivity contribution in [1.82, 2.24) is 25.1 Å². The first kappa shape index (κ1) is 17.4. The highest BCUT2D eigenvalue weighted by Crippen LogP contribution is 2.46. The van der Waals surface area contributed by atoms with Gasteiger partial charge in [-0.05, 0) is 41.7 Å². The van der Waals surface area contributed by atoms with E-state index < -0.39 is 12.0 Å². The maximum Gasteiger partial charge on any atom is 0.453 e. The summed E-state index contributed by atoms with van der Waals surface area (Å²) in [5.74, 6) is -0.0226. The van der Waals surface area contributed by atoms with Gasteiger partial charge in [-0.25, -0.2) is 4.39 Å². The summed E-state index contributed by atoms with van der Waals surface area (Å²) in [5.41, 5.74) is 1.09. The number of fused-ring (bicyclic) bond motifs is 2. The zero-order valence-electron chi connectivity index (χ0n) is 14.6. The van der Waals surface area contributed by atoms with E-state index in [4.69, 9.17) is 0 Å². The van der Waals surface area contributed by atoms with E-state index in [0.717, 1.165) is 23.2 Å². The summed E-state index contributed by atoms with van der Waals surface area (Å²) in [6.07, 6.45) is -4.60. The molecule has 146 valence electrons. The van der Waals surface area contributed by atoms with E-state index in [1.54, 1.807) is 18.2 Å². The van der Waals surface area contributed by atoms with Crippen molar-refractivity contribution in [3.05, 3.63) is 53.6 Å². The van der Waals surface area contributed by atoms with Crippen LogP contribution in [0.3, 0.4) is 0 Å². The van der Waals surface area contributed by atoms with Gasteiger partial charge in [-0.15, -0.1) is 15.3 Å². The second-order valence-electron chi connectivity index (χ2n) is 7.25. The minimum absolute atomic E-state index is 0.0688. The fourth-order valence-electron chi connectivity index (χ4n) is 3.98. The van der Waals surface area contributed by atoms with Crippen LogP contribution in [0.2, 0.25) is 0 Å². The van der Waals surface area contributed by atoms with Crippen LogP contribution in [0.5, 0.6) is 0 Å². The fraction of sp³-hybridized carbons (Fsp3) is 0.389. The third-order valence-electron chi connectivity index (χ3n) is 5.48. The highest BCUT2D eigenvalue weighted by Gasteiger charge is 2.55. The molecule has 0 radical (unpaired) electrons. The van der Waals surface area contributed by atoms with Crippen LogP contribution < -0.4 is 10.2 Å². The summed E-state index contributed by atoms with van der Waals surface area (Å²) >= 11 is 0. The molecule has 2 aromatic heterocycles. The molecule has 5 rings (SSSR count). The lowest BCUT2D eigenvalue weighted by Gasteiger charge is -2.21. The molecule has 28 heavy (non-hydrogen) atoms. The van der Waals surface area contributed by atoms with Gasteiger partial charge < -0.3 is 10.2 Å². The summed E-state index contributed by atoms with van der Waals surface area (Å²) < 4.78 is 52.8. The number of rotatable bonds is 4. The smallest absolute Gasteiger partial charge is 0.354 e. The molecule has 3 heterocycles. The Balaban J connectivity index is 1.24. The molecule has 1 aliphatic carbocycles. The molecular formula is C18H16F4N6. The summed E-state index contributed by atoms with van der Waals surface area (Å²) in [6.45, 7) is 2.12. The Bertz CT molecular complexity index is 1000. The summed E-state index contributed by atoms with van der Waals surface area (Å²) in [5, 5.41) is 14.3. The van der Waals surface area contributed by atoms with E-state index >= 15 is 0 Å². The van der Waals surface area contributed by atoms with Crippen molar-refractivity contribution in [3.8, 4) is 0 Å². The summed E-state index contributed by atoms with van der Waals surface area (Å²) in [6, 6.07) is 9.93. The van der Waals surface area contributed by atoms with Crippen LogP contribution >= 0.6 is 0 Å². The molecule has 1 aromatic carbocycles. The van der Waals surface area contributed by atoms with E-state index in [1.165, 1.54) is 18.2 Å². The second-order valence-corrected chi connectivity index (χ2v) is 7.25. The van der Waals surface area contributed by atoms with Crippen molar-refractivity contribution in [1.29, 1.82) is 0 Å². The second kappa shape index (κ2) is 6.13. The number of benzene rings is 1. The van der Waals surface area contributed by atoms with Crippen molar-refractivity contribution in [2.75, 3.05) is 18.0 Å². The third-order valence-corrected chi connectivity index (χ3v) is 5.48. The van der Waals surface area contributed by atoms with E-state index in [9.17, 15) is 17.6 Å². The van der Waals surface area contributed by atoms with Gasteiger partial charge in [0.15, 0.2) is 5.65 Å². The van der Waals surface area contributed by atoms with Crippen LogP contribution in [-0.2, 0) is 12.7 Å². The fourth-order valence-corrected chi connectivity index (χ4v) is 3.98. The lowest BCUT2D eigenvalue weighted by Crippen LogP contribution is -2.32. The number of halogens is 4. The first-order chi connectivity index (χ1) is 13.4. The largest absolute Gasteiger partial charge is 0.453 e. The van der Waals surface area contributed by atoms with Gasteiger partial charge in [0, 0.05) is 25.7 Å². The van der Waals surface area contributed by atoms with Crippen molar-refractivity contribution in [2.45, 2.75) is 18.8 Å². The van der Waals surface area contributed by atoms with Gasteiger partial charge in [-0.3, -0.25) is 0 Å². The zero-order chi connectivity index (χ0) is 19.5. The van der Waals surface area contributed by atoms with Gasteiger partial charge in [0.25, 0.3) is 5.82 Å². The standard InChI is InChI=1S/C18H16F4N6/c19-11-3-1-10(2-4-11)7-23-16-12-8-27(9-13(12)16)15-6-5-14-24-25-17(18(20,21)22)28(14)26-15/h1-6,12-13,16,23H,7-9H2/t12-,13+,16?. The maximum atomic E-state index is 13.0. The van der Waals surface area contributed by atoms with E-state index in [2.05, 4.69) is 20.6 Å². The van der Waals surface area contributed by atoms with E-state index in [0.29, 0.717) is 30.2 Å². The number of aromatic nitrogens is 4. The molecule has 3 atom stereocenters. The predicted octanol–water partition coefficient (Wildman–Crippen LogP) is 2.51. The molecule has 1 unspecified atom stereocenters. The zero-order valence-corrected chi connectivity index (χ0v) is 14.6. The third kappa shape index (κ3) is 2.97. The monoisotopic (exact) mass is 392 g/mol. The number of nitrogens with zero attached hydrogens (tertiary/aromatic N) is 5. The Morgan fingerprint density at radius 3 is 2.39 bits per heavy atom. The number of nitrogens with one attached hydrogen (secondary N) is 1. The molecule has 1 saturated heterocycles. The molecular weight excluding hydrogens is 376 g/mol. The lowest BCUT2D eigenvalue weighted by atomic mass is 10.2. The van der Waals surface area contributed by atoms with Crippen LogP contribution in [0.4, 0.5) is 23.4 Å². The van der Waals surface area contributed by atoms with Crippen LogP contribution in [-0.4, -0.2) is 38.9 Å². The Kier molecular flexibility index (Phi) is 3.80. The average molecular weight is 392 g/mol. The molecule has 1 saturated carbocycles. The minimum atomic E-state index is -4.60. The molecule has 1 aliphatic heterocycles. The van der Waals surface area contributed by atoms with E-state index in [-0.39, 0.29) is 11.5 Å². The predicted molar refractivity (Wildman–Crippen MR) is 92.0 cm³/mol. The van der Waals surface area contributed by atoms with Gasteiger partial charge in [0.1, 0.15) is 11.6 Å². The van der Waals surface area contributed by atoms with Crippen molar-refractivity contribution < 1.29 is 17.6 Å². The molecule has 3 aromatic rings. The maximum absolute atomic E-state index is 13.0. The Morgan fingerprint density at radius 2 is 1.71 bits per heavy atom. The number of alkyl halides is 3. The highest BCUT2D eigenvalue weighted by atomic mass is 19.4. The van der Waals surface area contributed by atoms with Gasteiger partial charge in [-0.2, -0.15) is 17.7 Å². The molecule has 0 amide bonds. The number of hydrogen-bond donors (Lipinski definition) is 1. The van der Waals surface area contributed by atoms with Gasteiger partial charge >= 0.3 is 6.18 Å². The summed E-state index contributed by atoms with van der Waals surface area (Å²) in [7, 11) is 0. The van der Waals surface area contributed by atoms with Gasteiger partial charge in [-0.1, -0.05) is 12.1 Å². The molecule has 1 N–H and O–H groups in total. The van der Waals surface area contributed by atoms with Crippen molar-refractivity contribution in [3.63, 3.8) is 0 Å². The first-order valence-electron chi connectivity index (χ1n) is 8.92. The lowest BCUT2D eigenvalue weighted by molar-refractivity contribution is -0.146. The van der Waals surface area contributed by atoms with Crippen LogP contribution in [0.1, 0.15) is 11.4 Å². The van der Waals surface area contributed by atoms with Gasteiger partial charge in [0.2, 0.25) is 0 Å². The molecule has 2 aliphatic rings. The van der Waals surface area contributed by atoms with Gasteiger partial charge in [0.05, 0.1) is 0 Å². The summed E-state index contributed by atoms with van der Waals surface area (Å²) in [4.78, 5) is 1.99. The van der Waals surface area contributed by atoms with Crippen LogP contribution in [0.25, 0.3) is 5.65 Å². The molecule has 0 bridgehead atoms.